The summed E-state index contributed by atoms with van der Waals surface area (Å²) in [5.74, 6) is -0.0564. The van der Waals surface area contributed by atoms with Crippen molar-refractivity contribution < 1.29 is 4.79 Å². The number of hydrogen-bond acceptors (Lipinski definition) is 5. The molecule has 3 N–H and O–H groups in total. The molecule has 0 aliphatic carbocycles. The molecule has 1 aromatic carbocycles. The number of hydrogen-bond donors (Lipinski definition) is 2. The van der Waals surface area contributed by atoms with Crippen LogP contribution in [0.25, 0.3) is 10.9 Å². The van der Waals surface area contributed by atoms with Crippen LogP contribution in [0.1, 0.15) is 10.5 Å². The molecule has 3 aromatic rings. The van der Waals surface area contributed by atoms with Crippen molar-refractivity contribution in [1.29, 1.82) is 0 Å². The van der Waals surface area contributed by atoms with E-state index in [1.807, 2.05) is 24.3 Å². The third kappa shape index (κ3) is 2.39. The van der Waals surface area contributed by atoms with Crippen LogP contribution in [0, 0.1) is 0 Å². The van der Waals surface area contributed by atoms with E-state index in [2.05, 4.69) is 20.3 Å². The minimum atomic E-state index is -0.333. The Morgan fingerprint density at radius 1 is 1.10 bits per heavy atom. The van der Waals surface area contributed by atoms with Crippen molar-refractivity contribution in [3.05, 3.63) is 54.6 Å². The van der Waals surface area contributed by atoms with Gasteiger partial charge in [0.1, 0.15) is 11.5 Å². The maximum atomic E-state index is 12.0. The fourth-order valence-corrected chi connectivity index (χ4v) is 1.80. The van der Waals surface area contributed by atoms with Gasteiger partial charge in [0, 0.05) is 17.3 Å². The molecule has 6 nitrogen and oxygen atoms in total. The van der Waals surface area contributed by atoms with Gasteiger partial charge in [0.25, 0.3) is 5.91 Å². The van der Waals surface area contributed by atoms with E-state index in [1.165, 1.54) is 12.4 Å². The minimum absolute atomic E-state index is 0.213. The van der Waals surface area contributed by atoms with E-state index in [1.54, 1.807) is 12.3 Å². The maximum absolute atomic E-state index is 12.0. The van der Waals surface area contributed by atoms with Gasteiger partial charge in [-0.15, -0.1) is 0 Å². The zero-order valence-corrected chi connectivity index (χ0v) is 10.4. The van der Waals surface area contributed by atoms with Gasteiger partial charge in [0.05, 0.1) is 17.9 Å². The quantitative estimate of drug-likeness (QED) is 0.737. The van der Waals surface area contributed by atoms with Gasteiger partial charge in [-0.3, -0.25) is 9.78 Å². The van der Waals surface area contributed by atoms with Crippen molar-refractivity contribution in [2.45, 2.75) is 0 Å². The number of nitrogen functional groups attached to an aromatic ring is 1. The molecular formula is C14H11N5O. The molecule has 0 fully saturated rings. The van der Waals surface area contributed by atoms with E-state index in [0.717, 1.165) is 10.9 Å². The van der Waals surface area contributed by atoms with Crippen LogP contribution in [0.5, 0.6) is 0 Å². The number of nitrogens with two attached hydrogens (primary N) is 1. The van der Waals surface area contributed by atoms with Crippen molar-refractivity contribution in [1.82, 2.24) is 15.0 Å². The Balaban J connectivity index is 1.85. The van der Waals surface area contributed by atoms with E-state index in [-0.39, 0.29) is 17.4 Å². The van der Waals surface area contributed by atoms with Crippen molar-refractivity contribution in [3.63, 3.8) is 0 Å². The third-order valence-electron chi connectivity index (χ3n) is 2.77. The second kappa shape index (κ2) is 4.93. The monoisotopic (exact) mass is 265 g/mol. The first-order valence-corrected chi connectivity index (χ1v) is 5.96. The number of carbonyl (C=O) groups excluding carboxylic acids is 1. The summed E-state index contributed by atoms with van der Waals surface area (Å²) in [5.41, 5.74) is 7.19. The standard InChI is InChI=1S/C14H11N5O/c15-13-8-17-12(7-18-13)14(20)19-10-3-4-11-9(6-10)2-1-5-16-11/h1-8H,(H2,15,18)(H,19,20). The summed E-state index contributed by atoms with van der Waals surface area (Å²) in [5, 5.41) is 3.71. The summed E-state index contributed by atoms with van der Waals surface area (Å²) in [4.78, 5) is 24.0. The number of aromatic nitrogens is 3. The molecule has 0 saturated heterocycles. The van der Waals surface area contributed by atoms with Crippen LogP contribution < -0.4 is 11.1 Å². The van der Waals surface area contributed by atoms with Gasteiger partial charge in [0.2, 0.25) is 0 Å². The molecule has 2 heterocycles. The van der Waals surface area contributed by atoms with Crippen molar-refractivity contribution >= 4 is 28.3 Å². The lowest BCUT2D eigenvalue weighted by Crippen LogP contribution is -2.14. The molecule has 6 heteroatoms. The van der Waals surface area contributed by atoms with E-state index < -0.39 is 0 Å². The Kier molecular flexibility index (Phi) is 2.96. The van der Waals surface area contributed by atoms with Crippen LogP contribution >= 0.6 is 0 Å². The van der Waals surface area contributed by atoms with Gasteiger partial charge >= 0.3 is 0 Å². The zero-order chi connectivity index (χ0) is 13.9. The number of carbonyl (C=O) groups is 1. The number of anilines is 2. The van der Waals surface area contributed by atoms with Crippen molar-refractivity contribution in [3.8, 4) is 0 Å². The van der Waals surface area contributed by atoms with Crippen LogP contribution in [-0.4, -0.2) is 20.9 Å². The second-order valence-corrected chi connectivity index (χ2v) is 4.19. The molecule has 0 aliphatic heterocycles. The highest BCUT2D eigenvalue weighted by Crippen LogP contribution is 2.17. The number of pyridine rings is 1. The predicted octanol–water partition coefficient (Wildman–Crippen LogP) is 1.86. The minimum Gasteiger partial charge on any atom is -0.382 e. The van der Waals surface area contributed by atoms with Crippen LogP contribution in [0.2, 0.25) is 0 Å². The van der Waals surface area contributed by atoms with Gasteiger partial charge in [-0.05, 0) is 24.3 Å². The molecule has 3 rings (SSSR count). The first-order valence-electron chi connectivity index (χ1n) is 5.96. The highest BCUT2D eigenvalue weighted by molar-refractivity contribution is 6.03. The van der Waals surface area contributed by atoms with E-state index >= 15 is 0 Å². The molecule has 0 saturated carbocycles. The fraction of sp³-hybridized carbons (Fsp3) is 0. The van der Waals surface area contributed by atoms with Gasteiger partial charge < -0.3 is 11.1 Å². The summed E-state index contributed by atoms with van der Waals surface area (Å²) in [7, 11) is 0. The molecule has 0 aliphatic rings. The molecule has 98 valence electrons. The van der Waals surface area contributed by atoms with E-state index in [4.69, 9.17) is 5.73 Å². The Morgan fingerprint density at radius 2 is 2.00 bits per heavy atom. The number of rotatable bonds is 2. The summed E-state index contributed by atoms with van der Waals surface area (Å²) in [6, 6.07) is 9.27. The Hall–Kier alpha value is -3.02. The number of fused-ring (bicyclic) bond motifs is 1. The van der Waals surface area contributed by atoms with Crippen LogP contribution in [0.15, 0.2) is 48.9 Å². The molecule has 0 bridgehead atoms. The van der Waals surface area contributed by atoms with Crippen LogP contribution in [0.4, 0.5) is 11.5 Å². The summed E-state index contributed by atoms with van der Waals surface area (Å²) >= 11 is 0. The summed E-state index contributed by atoms with van der Waals surface area (Å²) < 4.78 is 0. The van der Waals surface area contributed by atoms with Gasteiger partial charge in [-0.2, -0.15) is 0 Å². The number of amides is 1. The lowest BCUT2D eigenvalue weighted by Gasteiger charge is -2.05. The van der Waals surface area contributed by atoms with E-state index in [0.29, 0.717) is 5.69 Å². The second-order valence-electron chi connectivity index (χ2n) is 4.19. The first-order chi connectivity index (χ1) is 9.72. The topological polar surface area (TPSA) is 93.8 Å². The summed E-state index contributed by atoms with van der Waals surface area (Å²) in [6.07, 6.45) is 4.41. The molecule has 20 heavy (non-hydrogen) atoms. The normalized spacial score (nSPS) is 10.4. The number of nitrogens with zero attached hydrogens (tertiary/aromatic N) is 3. The highest BCUT2D eigenvalue weighted by Gasteiger charge is 2.08. The van der Waals surface area contributed by atoms with Gasteiger partial charge in [-0.25, -0.2) is 9.97 Å². The maximum Gasteiger partial charge on any atom is 0.275 e. The molecule has 1 amide bonds. The highest BCUT2D eigenvalue weighted by atomic mass is 16.1. The molecular weight excluding hydrogens is 254 g/mol. The Labute approximate surface area is 114 Å². The zero-order valence-electron chi connectivity index (χ0n) is 10.4. The van der Waals surface area contributed by atoms with Crippen LogP contribution in [-0.2, 0) is 0 Å². The van der Waals surface area contributed by atoms with Crippen LogP contribution in [0.3, 0.4) is 0 Å². The largest absolute Gasteiger partial charge is 0.382 e. The average Bonchev–Trinajstić information content (AvgIpc) is 2.48. The van der Waals surface area contributed by atoms with Gasteiger partial charge in [0.15, 0.2) is 0 Å². The molecule has 0 radical (unpaired) electrons. The predicted molar refractivity (Wildman–Crippen MR) is 76.1 cm³/mol. The van der Waals surface area contributed by atoms with Gasteiger partial charge in [-0.1, -0.05) is 6.07 Å². The number of nitrogens with one attached hydrogen (secondary N) is 1. The smallest absolute Gasteiger partial charge is 0.275 e. The Bertz CT molecular complexity index is 770. The van der Waals surface area contributed by atoms with E-state index in [9.17, 15) is 4.79 Å². The SMILES string of the molecule is Nc1cnc(C(=O)Nc2ccc3ncccc3c2)cn1. The van der Waals surface area contributed by atoms with Crippen molar-refractivity contribution in [2.24, 2.45) is 0 Å². The average molecular weight is 265 g/mol. The lowest BCUT2D eigenvalue weighted by molar-refractivity contribution is 0.102. The molecule has 0 unspecified atom stereocenters. The molecule has 0 spiro atoms. The molecule has 0 atom stereocenters. The van der Waals surface area contributed by atoms with Crippen molar-refractivity contribution in [2.75, 3.05) is 11.1 Å². The third-order valence-corrected chi connectivity index (χ3v) is 2.77. The number of benzene rings is 1. The first kappa shape index (κ1) is 12.0. The lowest BCUT2D eigenvalue weighted by atomic mass is 10.2. The molecule has 2 aromatic heterocycles. The summed E-state index contributed by atoms with van der Waals surface area (Å²) in [6.45, 7) is 0. The fourth-order valence-electron chi connectivity index (χ4n) is 1.80. The Morgan fingerprint density at radius 3 is 2.80 bits per heavy atom.